The molecule has 0 aliphatic heterocycles. The lowest BCUT2D eigenvalue weighted by atomic mass is 10.3. The van der Waals surface area contributed by atoms with Crippen LogP contribution in [0.2, 0.25) is 0 Å². The Labute approximate surface area is 132 Å². The topological polar surface area (TPSA) is 84.2 Å². The maximum absolute atomic E-state index is 13.7. The van der Waals surface area contributed by atoms with Gasteiger partial charge in [0, 0.05) is 18.2 Å². The Morgan fingerprint density at radius 1 is 1.26 bits per heavy atom. The number of anilines is 1. The summed E-state index contributed by atoms with van der Waals surface area (Å²) in [4.78, 5) is -0.102. The summed E-state index contributed by atoms with van der Waals surface area (Å²) in [6.07, 6.45) is 0. The second-order valence-corrected chi connectivity index (χ2v) is 7.04. The molecule has 0 spiro atoms. The van der Waals surface area contributed by atoms with Crippen LogP contribution >= 0.6 is 0 Å². The molecular formula is C14H17F2N3O3S. The molecule has 0 saturated heterocycles. The van der Waals surface area contributed by atoms with E-state index in [0.29, 0.717) is 17.8 Å². The monoisotopic (exact) mass is 345 g/mol. The minimum atomic E-state index is -4.20. The molecule has 9 heteroatoms. The van der Waals surface area contributed by atoms with Crippen LogP contribution in [0, 0.1) is 25.5 Å². The molecule has 0 radical (unpaired) electrons. The molecule has 126 valence electrons. The number of halogens is 2. The van der Waals surface area contributed by atoms with Crippen LogP contribution < -0.4 is 4.72 Å². The highest BCUT2D eigenvalue weighted by molar-refractivity contribution is 7.92. The van der Waals surface area contributed by atoms with Gasteiger partial charge in [0.2, 0.25) is 0 Å². The highest BCUT2D eigenvalue weighted by atomic mass is 32.2. The number of phenolic OH excluding ortho intramolecular Hbond substituents is 1. The van der Waals surface area contributed by atoms with Gasteiger partial charge in [-0.1, -0.05) is 0 Å². The van der Waals surface area contributed by atoms with Crippen LogP contribution in [0.15, 0.2) is 17.0 Å². The molecule has 0 unspecified atom stereocenters. The third-order valence-electron chi connectivity index (χ3n) is 3.29. The fraction of sp³-hybridized carbons (Fsp3) is 0.357. The van der Waals surface area contributed by atoms with Crippen LogP contribution in [0.3, 0.4) is 0 Å². The first-order chi connectivity index (χ1) is 10.5. The molecule has 2 rings (SSSR count). The fourth-order valence-electron chi connectivity index (χ4n) is 2.39. The Morgan fingerprint density at radius 2 is 1.87 bits per heavy atom. The van der Waals surface area contributed by atoms with E-state index >= 15 is 0 Å². The van der Waals surface area contributed by atoms with Crippen LogP contribution in [0.1, 0.15) is 31.3 Å². The fourth-order valence-corrected chi connectivity index (χ4v) is 3.87. The molecule has 1 aromatic carbocycles. The van der Waals surface area contributed by atoms with Crippen molar-refractivity contribution in [1.29, 1.82) is 0 Å². The molecule has 1 heterocycles. The molecule has 0 aliphatic rings. The zero-order valence-electron chi connectivity index (χ0n) is 13.1. The molecule has 1 aromatic heterocycles. The van der Waals surface area contributed by atoms with Gasteiger partial charge >= 0.3 is 0 Å². The number of aryl methyl sites for hydroxylation is 1. The van der Waals surface area contributed by atoms with Crippen LogP contribution in [0.25, 0.3) is 0 Å². The number of nitrogens with zero attached hydrogens (tertiary/aromatic N) is 2. The van der Waals surface area contributed by atoms with Gasteiger partial charge in [0.05, 0.1) is 11.4 Å². The lowest BCUT2D eigenvalue weighted by Gasteiger charge is -2.12. The summed E-state index contributed by atoms with van der Waals surface area (Å²) in [5.74, 6) is -3.06. The van der Waals surface area contributed by atoms with Crippen LogP contribution in [-0.4, -0.2) is 23.3 Å². The van der Waals surface area contributed by atoms with Gasteiger partial charge in [-0.15, -0.1) is 0 Å². The normalized spacial score (nSPS) is 12.0. The van der Waals surface area contributed by atoms with Crippen LogP contribution in [0.4, 0.5) is 14.5 Å². The largest absolute Gasteiger partial charge is 0.506 e. The molecule has 0 bridgehead atoms. The number of aromatic hydroxyl groups is 1. The SMILES string of the molecule is Cc1nn(C(C)C)c(C)c1S(=O)(=O)Nc1c(O)cc(F)cc1F. The maximum Gasteiger partial charge on any atom is 0.265 e. The van der Waals surface area contributed by atoms with E-state index in [-0.39, 0.29) is 16.6 Å². The second-order valence-electron chi connectivity index (χ2n) is 5.43. The predicted molar refractivity (Wildman–Crippen MR) is 80.9 cm³/mol. The van der Waals surface area contributed by atoms with E-state index in [1.54, 1.807) is 6.92 Å². The van der Waals surface area contributed by atoms with E-state index in [2.05, 4.69) is 5.10 Å². The van der Waals surface area contributed by atoms with Crippen molar-refractivity contribution in [1.82, 2.24) is 9.78 Å². The summed E-state index contributed by atoms with van der Waals surface area (Å²) in [5, 5.41) is 13.7. The highest BCUT2D eigenvalue weighted by Gasteiger charge is 2.27. The Morgan fingerprint density at radius 3 is 2.35 bits per heavy atom. The number of sulfonamides is 1. The zero-order chi connectivity index (χ0) is 17.5. The van der Waals surface area contributed by atoms with Gasteiger partial charge in [-0.05, 0) is 27.7 Å². The van der Waals surface area contributed by atoms with Crippen molar-refractivity contribution >= 4 is 15.7 Å². The van der Waals surface area contributed by atoms with Gasteiger partial charge in [0.15, 0.2) is 5.82 Å². The summed E-state index contributed by atoms with van der Waals surface area (Å²) < 4.78 is 55.3. The van der Waals surface area contributed by atoms with Gasteiger partial charge in [-0.2, -0.15) is 5.10 Å². The van der Waals surface area contributed by atoms with Crippen molar-refractivity contribution in [2.45, 2.75) is 38.6 Å². The van der Waals surface area contributed by atoms with Crippen LogP contribution in [0.5, 0.6) is 5.75 Å². The molecule has 2 aromatic rings. The summed E-state index contributed by atoms with van der Waals surface area (Å²) >= 11 is 0. The number of rotatable bonds is 4. The van der Waals surface area contributed by atoms with E-state index in [1.807, 2.05) is 18.6 Å². The Kier molecular flexibility index (Phi) is 4.34. The van der Waals surface area contributed by atoms with Crippen molar-refractivity contribution in [3.8, 4) is 5.75 Å². The van der Waals surface area contributed by atoms with Gasteiger partial charge in [0.1, 0.15) is 22.1 Å². The van der Waals surface area contributed by atoms with E-state index in [1.165, 1.54) is 11.6 Å². The number of hydrogen-bond acceptors (Lipinski definition) is 4. The second kappa shape index (κ2) is 5.80. The first-order valence-electron chi connectivity index (χ1n) is 6.81. The van der Waals surface area contributed by atoms with Gasteiger partial charge in [-0.3, -0.25) is 9.40 Å². The van der Waals surface area contributed by atoms with E-state index in [0.717, 1.165) is 0 Å². The smallest absolute Gasteiger partial charge is 0.265 e. The molecule has 0 atom stereocenters. The van der Waals surface area contributed by atoms with Gasteiger partial charge in [0.25, 0.3) is 10.0 Å². The first kappa shape index (κ1) is 17.2. The lowest BCUT2D eigenvalue weighted by molar-refractivity contribution is 0.464. The minimum Gasteiger partial charge on any atom is -0.506 e. The molecule has 0 saturated carbocycles. The molecule has 23 heavy (non-hydrogen) atoms. The molecule has 0 aliphatic carbocycles. The summed E-state index contributed by atoms with van der Waals surface area (Å²) in [6.45, 7) is 6.78. The molecule has 2 N–H and O–H groups in total. The number of phenols is 1. The Bertz CT molecular complexity index is 837. The molecular weight excluding hydrogens is 328 g/mol. The number of benzene rings is 1. The van der Waals surface area contributed by atoms with Crippen LogP contribution in [-0.2, 0) is 10.0 Å². The average Bonchev–Trinajstić information content (AvgIpc) is 2.70. The zero-order valence-corrected chi connectivity index (χ0v) is 13.9. The Hall–Kier alpha value is -2.16. The summed E-state index contributed by atoms with van der Waals surface area (Å²) in [6, 6.07) is 1.04. The third-order valence-corrected chi connectivity index (χ3v) is 4.89. The van der Waals surface area contributed by atoms with E-state index in [9.17, 15) is 22.3 Å². The third kappa shape index (κ3) is 3.14. The summed E-state index contributed by atoms with van der Waals surface area (Å²) in [7, 11) is -4.20. The average molecular weight is 345 g/mol. The Balaban J connectivity index is 2.53. The maximum atomic E-state index is 13.7. The highest BCUT2D eigenvalue weighted by Crippen LogP contribution is 2.31. The molecule has 0 fully saturated rings. The van der Waals surface area contributed by atoms with Gasteiger partial charge in [-0.25, -0.2) is 17.2 Å². The van der Waals surface area contributed by atoms with Gasteiger partial charge < -0.3 is 5.11 Å². The van der Waals surface area contributed by atoms with Crippen molar-refractivity contribution in [2.75, 3.05) is 4.72 Å². The summed E-state index contributed by atoms with van der Waals surface area (Å²) in [5.41, 5.74) is -0.0831. The lowest BCUT2D eigenvalue weighted by Crippen LogP contribution is -2.16. The van der Waals surface area contributed by atoms with Crippen molar-refractivity contribution in [3.63, 3.8) is 0 Å². The van der Waals surface area contributed by atoms with Crippen molar-refractivity contribution in [3.05, 3.63) is 35.2 Å². The standard InChI is InChI=1S/C14H17F2N3O3S/c1-7(2)19-9(4)14(8(3)17-19)23(21,22)18-13-11(16)5-10(15)6-12(13)20/h5-7,18,20H,1-4H3. The number of aromatic nitrogens is 2. The van der Waals surface area contributed by atoms with Crippen molar-refractivity contribution in [2.24, 2.45) is 0 Å². The molecule has 0 amide bonds. The molecule has 6 nitrogen and oxygen atoms in total. The van der Waals surface area contributed by atoms with E-state index < -0.39 is 33.1 Å². The minimum absolute atomic E-state index is 0.0615. The quantitative estimate of drug-likeness (QED) is 0.835. The predicted octanol–water partition coefficient (Wildman–Crippen LogP) is 2.87. The van der Waals surface area contributed by atoms with Crippen molar-refractivity contribution < 1.29 is 22.3 Å². The first-order valence-corrected chi connectivity index (χ1v) is 8.29. The number of hydrogen-bond donors (Lipinski definition) is 2. The number of nitrogens with one attached hydrogen (secondary N) is 1. The van der Waals surface area contributed by atoms with E-state index in [4.69, 9.17) is 0 Å².